The van der Waals surface area contributed by atoms with E-state index in [1.807, 2.05) is 36.0 Å². The normalized spacial score (nSPS) is 19.3. The molecule has 2 atom stereocenters. The molecule has 35 heavy (non-hydrogen) atoms. The Morgan fingerprint density at radius 3 is 2.49 bits per heavy atom. The van der Waals surface area contributed by atoms with Gasteiger partial charge in [0.05, 0.1) is 19.3 Å². The molecule has 2 fully saturated rings. The average Bonchev–Trinajstić information content (AvgIpc) is 3.40. The molecule has 0 N–H and O–H groups in total. The largest absolute Gasteiger partial charge is 0.379 e. The van der Waals surface area contributed by atoms with Crippen LogP contribution in [0.3, 0.4) is 0 Å². The topological polar surface area (TPSA) is 70.9 Å². The number of piperidine rings is 1. The highest BCUT2D eigenvalue weighted by atomic mass is 16.5. The quantitative estimate of drug-likeness (QED) is 0.578. The van der Waals surface area contributed by atoms with Crippen LogP contribution in [0.4, 0.5) is 0 Å². The standard InChI is InChI=1S/C27H39N5O3/c1-21-7-4-5-8-24(21)19-25(29(3)26(33)20-32-12-6-11-28-32)23-9-13-31(14-10-23)27(34)22(2)30-15-17-35-18-16-30/h4-8,11-12,22-23,25H,9-10,13-20H2,1-3H3. The Morgan fingerprint density at radius 1 is 1.11 bits per heavy atom. The molecule has 0 saturated carbocycles. The molecule has 8 nitrogen and oxygen atoms in total. The highest BCUT2D eigenvalue weighted by molar-refractivity contribution is 5.81. The lowest BCUT2D eigenvalue weighted by atomic mass is 9.84. The van der Waals surface area contributed by atoms with Crippen LogP contribution in [0.15, 0.2) is 42.7 Å². The first-order chi connectivity index (χ1) is 16.9. The molecule has 0 aliphatic carbocycles. The second-order valence-electron chi connectivity index (χ2n) is 9.89. The molecule has 0 radical (unpaired) electrons. The molecule has 2 aromatic rings. The molecular weight excluding hydrogens is 442 g/mol. The van der Waals surface area contributed by atoms with Crippen molar-refractivity contribution in [1.29, 1.82) is 0 Å². The highest BCUT2D eigenvalue weighted by Gasteiger charge is 2.35. The number of likely N-dealkylation sites (tertiary alicyclic amines) is 1. The summed E-state index contributed by atoms with van der Waals surface area (Å²) in [6.45, 7) is 8.87. The van der Waals surface area contributed by atoms with Gasteiger partial charge in [-0.15, -0.1) is 0 Å². The Bertz CT molecular complexity index is 965. The zero-order valence-corrected chi connectivity index (χ0v) is 21.3. The number of benzene rings is 1. The zero-order chi connectivity index (χ0) is 24.8. The number of hydrogen-bond donors (Lipinski definition) is 0. The predicted molar refractivity (Wildman–Crippen MR) is 135 cm³/mol. The number of carbonyl (C=O) groups excluding carboxylic acids is 2. The highest BCUT2D eigenvalue weighted by Crippen LogP contribution is 2.28. The molecular formula is C27H39N5O3. The van der Waals surface area contributed by atoms with E-state index in [0.29, 0.717) is 19.1 Å². The number of likely N-dealkylation sites (N-methyl/N-ethyl adjacent to an activating group) is 1. The maximum absolute atomic E-state index is 13.2. The summed E-state index contributed by atoms with van der Waals surface area (Å²) in [6, 6.07) is 10.2. The lowest BCUT2D eigenvalue weighted by molar-refractivity contribution is -0.141. The Kier molecular flexibility index (Phi) is 8.57. The minimum atomic E-state index is -0.114. The molecule has 4 rings (SSSR count). The van der Waals surface area contributed by atoms with Gasteiger partial charge in [0.1, 0.15) is 6.54 Å². The van der Waals surface area contributed by atoms with E-state index in [0.717, 1.165) is 45.4 Å². The van der Waals surface area contributed by atoms with E-state index in [2.05, 4.69) is 41.2 Å². The van der Waals surface area contributed by atoms with E-state index in [9.17, 15) is 9.59 Å². The number of ether oxygens (including phenoxy) is 1. The van der Waals surface area contributed by atoms with Crippen molar-refractivity contribution in [2.24, 2.45) is 5.92 Å². The molecule has 1 aromatic heterocycles. The van der Waals surface area contributed by atoms with Crippen LogP contribution >= 0.6 is 0 Å². The number of aromatic nitrogens is 2. The van der Waals surface area contributed by atoms with E-state index >= 15 is 0 Å². The average molecular weight is 482 g/mol. The summed E-state index contributed by atoms with van der Waals surface area (Å²) in [5, 5.41) is 4.21. The maximum Gasteiger partial charge on any atom is 0.244 e. The second-order valence-corrected chi connectivity index (χ2v) is 9.89. The Balaban J connectivity index is 1.42. The minimum Gasteiger partial charge on any atom is -0.379 e. The number of hydrogen-bond acceptors (Lipinski definition) is 5. The van der Waals surface area contributed by atoms with Crippen molar-refractivity contribution in [2.45, 2.75) is 51.7 Å². The van der Waals surface area contributed by atoms with Gasteiger partial charge in [0.15, 0.2) is 0 Å². The molecule has 1 aromatic carbocycles. The first-order valence-corrected chi connectivity index (χ1v) is 12.8. The fourth-order valence-electron chi connectivity index (χ4n) is 5.40. The van der Waals surface area contributed by atoms with Gasteiger partial charge in [-0.05, 0) is 56.2 Å². The van der Waals surface area contributed by atoms with Crippen LogP contribution in [0.2, 0.25) is 0 Å². The fourth-order valence-corrected chi connectivity index (χ4v) is 5.40. The zero-order valence-electron chi connectivity index (χ0n) is 21.3. The van der Waals surface area contributed by atoms with Crippen molar-refractivity contribution < 1.29 is 14.3 Å². The Hall–Kier alpha value is -2.71. The van der Waals surface area contributed by atoms with Gasteiger partial charge in [0.2, 0.25) is 11.8 Å². The molecule has 2 saturated heterocycles. The summed E-state index contributed by atoms with van der Waals surface area (Å²) in [4.78, 5) is 32.6. The van der Waals surface area contributed by atoms with Gasteiger partial charge in [0, 0.05) is 51.7 Å². The van der Waals surface area contributed by atoms with Gasteiger partial charge in [-0.3, -0.25) is 19.2 Å². The third kappa shape index (κ3) is 6.30. The number of morpholine rings is 1. The van der Waals surface area contributed by atoms with Gasteiger partial charge in [-0.25, -0.2) is 0 Å². The molecule has 2 amide bonds. The molecule has 2 aliphatic rings. The molecule has 8 heteroatoms. The van der Waals surface area contributed by atoms with E-state index in [-0.39, 0.29) is 30.4 Å². The van der Waals surface area contributed by atoms with E-state index in [1.165, 1.54) is 11.1 Å². The molecule has 2 aliphatic heterocycles. The van der Waals surface area contributed by atoms with E-state index < -0.39 is 0 Å². The molecule has 0 spiro atoms. The number of amides is 2. The minimum absolute atomic E-state index is 0.0618. The summed E-state index contributed by atoms with van der Waals surface area (Å²) in [5.74, 6) is 0.611. The molecule has 3 heterocycles. The number of carbonyl (C=O) groups is 2. The third-order valence-corrected chi connectivity index (χ3v) is 7.78. The van der Waals surface area contributed by atoms with Gasteiger partial charge in [-0.1, -0.05) is 24.3 Å². The lowest BCUT2D eigenvalue weighted by Crippen LogP contribution is -2.54. The number of rotatable bonds is 8. The smallest absolute Gasteiger partial charge is 0.244 e. The second kappa shape index (κ2) is 11.8. The lowest BCUT2D eigenvalue weighted by Gasteiger charge is -2.42. The van der Waals surface area contributed by atoms with Crippen molar-refractivity contribution >= 4 is 11.8 Å². The summed E-state index contributed by atoms with van der Waals surface area (Å²) < 4.78 is 7.12. The van der Waals surface area contributed by atoms with Crippen molar-refractivity contribution in [3.8, 4) is 0 Å². The Labute approximate surface area is 208 Å². The van der Waals surface area contributed by atoms with Crippen LogP contribution in [0.25, 0.3) is 0 Å². The van der Waals surface area contributed by atoms with Gasteiger partial charge >= 0.3 is 0 Å². The van der Waals surface area contributed by atoms with Crippen molar-refractivity contribution in [3.05, 3.63) is 53.9 Å². The first kappa shape index (κ1) is 25.4. The third-order valence-electron chi connectivity index (χ3n) is 7.78. The van der Waals surface area contributed by atoms with Crippen LogP contribution in [0.5, 0.6) is 0 Å². The van der Waals surface area contributed by atoms with Crippen LogP contribution < -0.4 is 0 Å². The SMILES string of the molecule is Cc1ccccc1CC(C1CCN(C(=O)C(C)N2CCOCC2)CC1)N(C)C(=O)Cn1cccn1. The molecule has 0 bridgehead atoms. The summed E-state index contributed by atoms with van der Waals surface area (Å²) in [7, 11) is 1.92. The van der Waals surface area contributed by atoms with Crippen molar-refractivity contribution in [1.82, 2.24) is 24.5 Å². The first-order valence-electron chi connectivity index (χ1n) is 12.8. The van der Waals surface area contributed by atoms with Gasteiger partial charge < -0.3 is 14.5 Å². The van der Waals surface area contributed by atoms with Crippen LogP contribution in [0.1, 0.15) is 30.9 Å². The van der Waals surface area contributed by atoms with E-state index in [4.69, 9.17) is 4.74 Å². The van der Waals surface area contributed by atoms with Gasteiger partial charge in [0.25, 0.3) is 0 Å². The van der Waals surface area contributed by atoms with Crippen molar-refractivity contribution in [2.75, 3.05) is 46.4 Å². The Morgan fingerprint density at radius 2 is 1.83 bits per heavy atom. The summed E-state index contributed by atoms with van der Waals surface area (Å²) >= 11 is 0. The fraction of sp³-hybridized carbons (Fsp3) is 0.593. The molecule has 190 valence electrons. The van der Waals surface area contributed by atoms with Crippen LogP contribution in [-0.2, 0) is 27.3 Å². The maximum atomic E-state index is 13.2. The van der Waals surface area contributed by atoms with Gasteiger partial charge in [-0.2, -0.15) is 5.10 Å². The molecule has 2 unspecified atom stereocenters. The monoisotopic (exact) mass is 481 g/mol. The van der Waals surface area contributed by atoms with Crippen molar-refractivity contribution in [3.63, 3.8) is 0 Å². The number of nitrogens with zero attached hydrogens (tertiary/aromatic N) is 5. The van der Waals surface area contributed by atoms with Crippen LogP contribution in [-0.4, -0.2) is 94.8 Å². The summed E-state index contributed by atoms with van der Waals surface area (Å²) in [5.41, 5.74) is 2.52. The van der Waals surface area contributed by atoms with Crippen LogP contribution in [0, 0.1) is 12.8 Å². The number of aryl methyl sites for hydroxylation is 1. The van der Waals surface area contributed by atoms with E-state index in [1.54, 1.807) is 10.9 Å². The summed E-state index contributed by atoms with van der Waals surface area (Å²) in [6.07, 6.45) is 6.14. The predicted octanol–water partition coefficient (Wildman–Crippen LogP) is 2.22.